The summed E-state index contributed by atoms with van der Waals surface area (Å²) in [5.74, 6) is 0.712. The fourth-order valence-corrected chi connectivity index (χ4v) is 4.39. The molecule has 2 aliphatic rings. The number of hydrogen-bond donors (Lipinski definition) is 1. The standard InChI is InChI=1S/C22H28N2O3/c1-21(2,3)27-19-12-18(22(19)8-5-9-22)24-20(25)15-10-14-6-7-16(26-4)11-17(14)23-13-15/h6-7,10-11,13,18-19H,5,8-9,12H2,1-4H3,(H,24,25). The first-order valence-electron chi connectivity index (χ1n) is 9.73. The Balaban J connectivity index is 1.47. The van der Waals surface area contributed by atoms with E-state index in [1.807, 2.05) is 24.3 Å². The minimum absolute atomic E-state index is 0.0503. The van der Waals surface area contributed by atoms with E-state index in [0.29, 0.717) is 5.56 Å². The molecular formula is C22H28N2O3. The molecule has 2 aliphatic carbocycles. The van der Waals surface area contributed by atoms with Crippen molar-refractivity contribution in [1.82, 2.24) is 10.3 Å². The zero-order valence-corrected chi connectivity index (χ0v) is 16.5. The number of nitrogens with zero attached hydrogens (tertiary/aromatic N) is 1. The molecule has 2 fully saturated rings. The zero-order chi connectivity index (χ0) is 19.2. The van der Waals surface area contributed by atoms with Crippen LogP contribution in [-0.4, -0.2) is 35.7 Å². The van der Waals surface area contributed by atoms with Gasteiger partial charge in [-0.2, -0.15) is 0 Å². The van der Waals surface area contributed by atoms with E-state index in [0.717, 1.165) is 35.9 Å². The molecule has 1 amide bonds. The van der Waals surface area contributed by atoms with Crippen LogP contribution in [0.4, 0.5) is 0 Å². The summed E-state index contributed by atoms with van der Waals surface area (Å²) in [7, 11) is 1.63. The molecule has 144 valence electrons. The fourth-order valence-electron chi connectivity index (χ4n) is 4.39. The minimum Gasteiger partial charge on any atom is -0.497 e. The number of carbonyl (C=O) groups is 1. The first-order chi connectivity index (χ1) is 12.8. The fraction of sp³-hybridized carbons (Fsp3) is 0.545. The highest BCUT2D eigenvalue weighted by molar-refractivity contribution is 5.97. The molecule has 1 spiro atoms. The first-order valence-corrected chi connectivity index (χ1v) is 9.73. The first kappa shape index (κ1) is 18.2. The van der Waals surface area contributed by atoms with Crippen molar-refractivity contribution in [2.24, 2.45) is 5.41 Å². The third-order valence-electron chi connectivity index (χ3n) is 6.02. The molecule has 0 bridgehead atoms. The summed E-state index contributed by atoms with van der Waals surface area (Å²) >= 11 is 0. The van der Waals surface area contributed by atoms with Gasteiger partial charge in [0.2, 0.25) is 0 Å². The molecule has 1 N–H and O–H groups in total. The van der Waals surface area contributed by atoms with Crippen molar-refractivity contribution < 1.29 is 14.3 Å². The monoisotopic (exact) mass is 368 g/mol. The van der Waals surface area contributed by atoms with Crippen LogP contribution in [0.2, 0.25) is 0 Å². The molecule has 0 aliphatic heterocycles. The topological polar surface area (TPSA) is 60.5 Å². The molecule has 0 saturated heterocycles. The van der Waals surface area contributed by atoms with Gasteiger partial charge in [-0.25, -0.2) is 0 Å². The lowest BCUT2D eigenvalue weighted by molar-refractivity contribution is -0.212. The van der Waals surface area contributed by atoms with E-state index in [1.165, 1.54) is 6.42 Å². The average Bonchev–Trinajstić information content (AvgIpc) is 2.57. The van der Waals surface area contributed by atoms with Gasteiger partial charge in [-0.1, -0.05) is 6.42 Å². The highest BCUT2D eigenvalue weighted by Gasteiger charge is 2.60. The van der Waals surface area contributed by atoms with Crippen molar-refractivity contribution in [2.45, 2.75) is 64.2 Å². The Kier molecular flexibility index (Phi) is 4.38. The molecule has 1 aromatic heterocycles. The van der Waals surface area contributed by atoms with Gasteiger partial charge in [0.05, 0.1) is 29.9 Å². The lowest BCUT2D eigenvalue weighted by atomic mass is 9.51. The second-order valence-electron chi connectivity index (χ2n) is 8.85. The maximum atomic E-state index is 12.8. The largest absolute Gasteiger partial charge is 0.497 e. The summed E-state index contributed by atoms with van der Waals surface area (Å²) in [5.41, 5.74) is 1.40. The van der Waals surface area contributed by atoms with Crippen molar-refractivity contribution in [2.75, 3.05) is 7.11 Å². The Hall–Kier alpha value is -2.14. The summed E-state index contributed by atoms with van der Waals surface area (Å²) in [6.07, 6.45) is 6.27. The maximum absolute atomic E-state index is 12.8. The number of rotatable bonds is 4. The molecule has 0 radical (unpaired) electrons. The SMILES string of the molecule is COc1ccc2cc(C(=O)NC3CC(OC(C)(C)C)C34CCC4)cnc2c1. The van der Waals surface area contributed by atoms with Crippen molar-refractivity contribution in [1.29, 1.82) is 0 Å². The van der Waals surface area contributed by atoms with Gasteiger partial charge in [-0.3, -0.25) is 9.78 Å². The van der Waals surface area contributed by atoms with Gasteiger partial charge >= 0.3 is 0 Å². The van der Waals surface area contributed by atoms with Crippen LogP contribution in [0.3, 0.4) is 0 Å². The molecule has 2 atom stereocenters. The quantitative estimate of drug-likeness (QED) is 0.883. The lowest BCUT2D eigenvalue weighted by Gasteiger charge is -2.62. The molecule has 1 aromatic carbocycles. The van der Waals surface area contributed by atoms with E-state index in [-0.39, 0.29) is 29.1 Å². The summed E-state index contributed by atoms with van der Waals surface area (Å²) in [5, 5.41) is 4.18. The Labute approximate surface area is 160 Å². The molecular weight excluding hydrogens is 340 g/mol. The average molecular weight is 368 g/mol. The van der Waals surface area contributed by atoms with Crippen molar-refractivity contribution in [3.05, 3.63) is 36.0 Å². The number of amides is 1. The third-order valence-corrected chi connectivity index (χ3v) is 6.02. The number of pyridine rings is 1. The van der Waals surface area contributed by atoms with Gasteiger partial charge in [0.1, 0.15) is 5.75 Å². The Bertz CT molecular complexity index is 867. The van der Waals surface area contributed by atoms with Crippen LogP contribution in [0, 0.1) is 5.41 Å². The van der Waals surface area contributed by atoms with E-state index in [2.05, 4.69) is 31.1 Å². The van der Waals surface area contributed by atoms with Gasteiger partial charge in [0.25, 0.3) is 5.91 Å². The molecule has 1 heterocycles. The van der Waals surface area contributed by atoms with Crippen LogP contribution < -0.4 is 10.1 Å². The van der Waals surface area contributed by atoms with E-state index < -0.39 is 0 Å². The zero-order valence-electron chi connectivity index (χ0n) is 16.5. The number of hydrogen-bond acceptors (Lipinski definition) is 4. The normalized spacial score (nSPS) is 23.6. The summed E-state index contributed by atoms with van der Waals surface area (Å²) < 4.78 is 11.5. The summed E-state index contributed by atoms with van der Waals surface area (Å²) in [4.78, 5) is 17.2. The molecule has 5 heteroatoms. The number of ether oxygens (including phenoxy) is 2. The number of benzene rings is 1. The van der Waals surface area contributed by atoms with Gasteiger partial charge in [-0.05, 0) is 58.2 Å². The predicted octanol–water partition coefficient (Wildman–Crippen LogP) is 4.10. The number of carbonyl (C=O) groups excluding carboxylic acids is 1. The molecule has 2 aromatic rings. The van der Waals surface area contributed by atoms with Crippen molar-refractivity contribution >= 4 is 16.8 Å². The van der Waals surface area contributed by atoms with Crippen LogP contribution in [-0.2, 0) is 4.74 Å². The van der Waals surface area contributed by atoms with Crippen molar-refractivity contribution in [3.8, 4) is 5.75 Å². The highest BCUT2D eigenvalue weighted by Crippen LogP contribution is 2.58. The summed E-state index contributed by atoms with van der Waals surface area (Å²) in [6.45, 7) is 6.29. The minimum atomic E-state index is -0.147. The van der Waals surface area contributed by atoms with Crippen LogP contribution in [0.15, 0.2) is 30.5 Å². The highest BCUT2D eigenvalue weighted by atomic mass is 16.5. The van der Waals surface area contributed by atoms with Crippen LogP contribution in [0.5, 0.6) is 5.75 Å². The second-order valence-corrected chi connectivity index (χ2v) is 8.85. The van der Waals surface area contributed by atoms with Gasteiger partial charge in [-0.15, -0.1) is 0 Å². The smallest absolute Gasteiger partial charge is 0.253 e. The predicted molar refractivity (Wildman–Crippen MR) is 105 cm³/mol. The maximum Gasteiger partial charge on any atom is 0.253 e. The van der Waals surface area contributed by atoms with Crippen LogP contribution in [0.1, 0.15) is 56.8 Å². The Morgan fingerprint density at radius 3 is 2.67 bits per heavy atom. The van der Waals surface area contributed by atoms with Crippen LogP contribution in [0.25, 0.3) is 10.9 Å². The van der Waals surface area contributed by atoms with Crippen LogP contribution >= 0.6 is 0 Å². The van der Waals surface area contributed by atoms with Crippen molar-refractivity contribution in [3.63, 3.8) is 0 Å². The number of fused-ring (bicyclic) bond motifs is 1. The van der Waals surface area contributed by atoms with E-state index in [9.17, 15) is 4.79 Å². The molecule has 4 rings (SSSR count). The lowest BCUT2D eigenvalue weighted by Crippen LogP contribution is -2.68. The number of methoxy groups -OCH3 is 1. The third kappa shape index (κ3) is 3.29. The Morgan fingerprint density at radius 1 is 1.26 bits per heavy atom. The van der Waals surface area contributed by atoms with Gasteiger partial charge in [0.15, 0.2) is 0 Å². The molecule has 2 saturated carbocycles. The van der Waals surface area contributed by atoms with E-state index >= 15 is 0 Å². The molecule has 2 unspecified atom stereocenters. The van der Waals surface area contributed by atoms with E-state index in [4.69, 9.17) is 9.47 Å². The number of nitrogens with one attached hydrogen (secondary N) is 1. The van der Waals surface area contributed by atoms with E-state index in [1.54, 1.807) is 13.3 Å². The second kappa shape index (κ2) is 6.48. The van der Waals surface area contributed by atoms with Gasteiger partial charge in [0, 0.05) is 29.1 Å². The molecule has 5 nitrogen and oxygen atoms in total. The van der Waals surface area contributed by atoms with Gasteiger partial charge < -0.3 is 14.8 Å². The number of aromatic nitrogens is 1. The summed E-state index contributed by atoms with van der Waals surface area (Å²) in [6, 6.07) is 7.78. The Morgan fingerprint density at radius 2 is 2.04 bits per heavy atom. The molecule has 27 heavy (non-hydrogen) atoms.